The lowest BCUT2D eigenvalue weighted by molar-refractivity contribution is 0.415. The van der Waals surface area contributed by atoms with Gasteiger partial charge in [0.2, 0.25) is 0 Å². The molecule has 2 heteroatoms. The number of nitrogens with one attached hydrogen (secondary N) is 1. The number of hydrogen-bond acceptors (Lipinski definition) is 2. The molecule has 0 spiro atoms. The van der Waals surface area contributed by atoms with Gasteiger partial charge in [-0.15, -0.1) is 0 Å². The molecule has 136 valence electrons. The molecule has 0 fully saturated rings. The van der Waals surface area contributed by atoms with Crippen LogP contribution in [-0.2, 0) is 6.54 Å². The number of ether oxygens (including phenoxy) is 1. The zero-order valence-corrected chi connectivity index (χ0v) is 15.7. The second-order valence-electron chi connectivity index (χ2n) is 6.88. The third-order valence-electron chi connectivity index (χ3n) is 4.98. The standard InChI is InChI=1S/C24H29NO/c1-26-24-16-13-20(14-17-24)12-15-23(22-10-6-3-7-11-22)19-25-18-21-8-4-2-5-9-21/h2,4-5,8-10,12-17,23,25H,3,6-7,11,18-19H2,1H3/b15-12+. The summed E-state index contributed by atoms with van der Waals surface area (Å²) in [6, 6.07) is 18.9. The van der Waals surface area contributed by atoms with Gasteiger partial charge in [-0.25, -0.2) is 0 Å². The van der Waals surface area contributed by atoms with Gasteiger partial charge in [-0.1, -0.05) is 66.3 Å². The van der Waals surface area contributed by atoms with Crippen LogP contribution in [0.3, 0.4) is 0 Å². The van der Waals surface area contributed by atoms with Crippen molar-refractivity contribution in [3.63, 3.8) is 0 Å². The maximum atomic E-state index is 5.24. The Bertz CT molecular complexity index is 716. The molecule has 1 N–H and O–H groups in total. The highest BCUT2D eigenvalue weighted by atomic mass is 16.5. The summed E-state index contributed by atoms with van der Waals surface area (Å²) in [7, 11) is 1.70. The molecule has 1 atom stereocenters. The van der Waals surface area contributed by atoms with Gasteiger partial charge in [-0.05, 0) is 48.9 Å². The van der Waals surface area contributed by atoms with E-state index >= 15 is 0 Å². The fourth-order valence-electron chi connectivity index (χ4n) is 3.43. The molecule has 2 aromatic rings. The molecule has 26 heavy (non-hydrogen) atoms. The Morgan fingerprint density at radius 3 is 2.54 bits per heavy atom. The zero-order chi connectivity index (χ0) is 18.0. The molecular formula is C24H29NO. The largest absolute Gasteiger partial charge is 0.497 e. The molecule has 0 bridgehead atoms. The third-order valence-corrected chi connectivity index (χ3v) is 4.98. The van der Waals surface area contributed by atoms with Gasteiger partial charge in [0.15, 0.2) is 0 Å². The quantitative estimate of drug-likeness (QED) is 0.626. The van der Waals surface area contributed by atoms with E-state index in [0.717, 1.165) is 18.8 Å². The van der Waals surface area contributed by atoms with Crippen molar-refractivity contribution in [2.45, 2.75) is 32.2 Å². The Kier molecular flexibility index (Phi) is 7.09. The average molecular weight is 348 g/mol. The summed E-state index contributed by atoms with van der Waals surface area (Å²) >= 11 is 0. The van der Waals surface area contributed by atoms with Crippen molar-refractivity contribution in [3.8, 4) is 5.75 Å². The first-order valence-corrected chi connectivity index (χ1v) is 9.61. The molecule has 0 aliphatic heterocycles. The molecule has 0 heterocycles. The van der Waals surface area contributed by atoms with Crippen LogP contribution < -0.4 is 10.1 Å². The number of hydrogen-bond donors (Lipinski definition) is 1. The topological polar surface area (TPSA) is 21.3 Å². The summed E-state index contributed by atoms with van der Waals surface area (Å²) in [6.45, 7) is 1.90. The van der Waals surface area contributed by atoms with Crippen LogP contribution in [0.2, 0.25) is 0 Å². The van der Waals surface area contributed by atoms with E-state index in [4.69, 9.17) is 4.74 Å². The van der Waals surface area contributed by atoms with E-state index in [1.807, 2.05) is 12.1 Å². The van der Waals surface area contributed by atoms with E-state index in [0.29, 0.717) is 5.92 Å². The minimum atomic E-state index is 0.459. The van der Waals surface area contributed by atoms with Gasteiger partial charge in [0.05, 0.1) is 7.11 Å². The third kappa shape index (κ3) is 5.60. The lowest BCUT2D eigenvalue weighted by atomic mass is 9.88. The molecule has 0 amide bonds. The zero-order valence-electron chi connectivity index (χ0n) is 15.7. The Labute approximate surface area is 157 Å². The monoisotopic (exact) mass is 347 g/mol. The summed E-state index contributed by atoms with van der Waals surface area (Å²) < 4.78 is 5.24. The fourth-order valence-corrected chi connectivity index (χ4v) is 3.43. The number of rotatable bonds is 8. The lowest BCUT2D eigenvalue weighted by Gasteiger charge is -2.21. The van der Waals surface area contributed by atoms with Gasteiger partial charge in [0.25, 0.3) is 0 Å². The van der Waals surface area contributed by atoms with Crippen molar-refractivity contribution in [3.05, 3.63) is 83.4 Å². The highest BCUT2D eigenvalue weighted by molar-refractivity contribution is 5.51. The minimum absolute atomic E-state index is 0.459. The minimum Gasteiger partial charge on any atom is -0.497 e. The smallest absolute Gasteiger partial charge is 0.118 e. The van der Waals surface area contributed by atoms with Gasteiger partial charge in [0, 0.05) is 19.0 Å². The SMILES string of the molecule is COc1ccc(/C=C/C(CNCc2ccccc2)C2=CCCCC2)cc1. The van der Waals surface area contributed by atoms with Crippen LogP contribution in [0.1, 0.15) is 36.8 Å². The maximum Gasteiger partial charge on any atom is 0.118 e. The van der Waals surface area contributed by atoms with Crippen LogP contribution >= 0.6 is 0 Å². The van der Waals surface area contributed by atoms with Crippen molar-refractivity contribution >= 4 is 6.08 Å². The molecule has 0 aromatic heterocycles. The second kappa shape index (κ2) is 9.98. The van der Waals surface area contributed by atoms with E-state index in [9.17, 15) is 0 Å². The molecule has 1 aliphatic carbocycles. The Morgan fingerprint density at radius 1 is 1.04 bits per heavy atom. The first-order chi connectivity index (χ1) is 12.8. The lowest BCUT2D eigenvalue weighted by Crippen LogP contribution is -2.23. The van der Waals surface area contributed by atoms with Gasteiger partial charge >= 0.3 is 0 Å². The first-order valence-electron chi connectivity index (χ1n) is 9.61. The molecule has 1 aliphatic rings. The highest BCUT2D eigenvalue weighted by Crippen LogP contribution is 2.26. The molecule has 0 saturated carbocycles. The van der Waals surface area contributed by atoms with Crippen molar-refractivity contribution < 1.29 is 4.74 Å². The van der Waals surface area contributed by atoms with Crippen molar-refractivity contribution in [2.75, 3.05) is 13.7 Å². The van der Waals surface area contributed by atoms with Gasteiger partial charge in [-0.2, -0.15) is 0 Å². The predicted molar refractivity (Wildman–Crippen MR) is 110 cm³/mol. The number of benzene rings is 2. The summed E-state index contributed by atoms with van der Waals surface area (Å²) in [5, 5.41) is 3.64. The molecule has 2 aromatic carbocycles. The van der Waals surface area contributed by atoms with Crippen LogP contribution in [0.25, 0.3) is 6.08 Å². The Balaban J connectivity index is 1.64. The molecule has 0 radical (unpaired) electrons. The fraction of sp³-hybridized carbons (Fsp3) is 0.333. The molecule has 0 saturated heterocycles. The van der Waals surface area contributed by atoms with Gasteiger partial charge in [-0.3, -0.25) is 0 Å². The van der Waals surface area contributed by atoms with Crippen molar-refractivity contribution in [1.29, 1.82) is 0 Å². The van der Waals surface area contributed by atoms with Crippen molar-refractivity contribution in [2.24, 2.45) is 5.92 Å². The number of methoxy groups -OCH3 is 1. The van der Waals surface area contributed by atoms with E-state index in [1.165, 1.54) is 36.8 Å². The van der Waals surface area contributed by atoms with Crippen LogP contribution in [0.4, 0.5) is 0 Å². The summed E-state index contributed by atoms with van der Waals surface area (Å²) in [6.07, 6.45) is 12.1. The van der Waals surface area contributed by atoms with E-state index < -0.39 is 0 Å². The molecular weight excluding hydrogens is 318 g/mol. The van der Waals surface area contributed by atoms with E-state index in [1.54, 1.807) is 12.7 Å². The summed E-state index contributed by atoms with van der Waals surface area (Å²) in [5.41, 5.74) is 4.14. The Morgan fingerprint density at radius 2 is 1.85 bits per heavy atom. The van der Waals surface area contributed by atoms with Crippen LogP contribution in [0.5, 0.6) is 5.75 Å². The predicted octanol–water partition coefficient (Wildman–Crippen LogP) is 5.61. The Hall–Kier alpha value is -2.32. The second-order valence-corrected chi connectivity index (χ2v) is 6.88. The van der Waals surface area contributed by atoms with Crippen LogP contribution in [0, 0.1) is 5.92 Å². The molecule has 3 rings (SSSR count). The molecule has 1 unspecified atom stereocenters. The maximum absolute atomic E-state index is 5.24. The van der Waals surface area contributed by atoms with E-state index in [-0.39, 0.29) is 0 Å². The average Bonchev–Trinajstić information content (AvgIpc) is 2.72. The summed E-state index contributed by atoms with van der Waals surface area (Å²) in [4.78, 5) is 0. The number of allylic oxidation sites excluding steroid dienone is 1. The first kappa shape index (κ1) is 18.5. The normalized spacial score (nSPS) is 15.7. The van der Waals surface area contributed by atoms with Crippen LogP contribution in [-0.4, -0.2) is 13.7 Å². The molecule has 2 nitrogen and oxygen atoms in total. The van der Waals surface area contributed by atoms with E-state index in [2.05, 4.69) is 66.0 Å². The van der Waals surface area contributed by atoms with Crippen LogP contribution in [0.15, 0.2) is 72.3 Å². The highest BCUT2D eigenvalue weighted by Gasteiger charge is 2.13. The van der Waals surface area contributed by atoms with Gasteiger partial charge < -0.3 is 10.1 Å². The summed E-state index contributed by atoms with van der Waals surface area (Å²) in [5.74, 6) is 1.36. The van der Waals surface area contributed by atoms with Gasteiger partial charge in [0.1, 0.15) is 5.75 Å². The van der Waals surface area contributed by atoms with Crippen molar-refractivity contribution in [1.82, 2.24) is 5.32 Å².